The van der Waals surface area contributed by atoms with Gasteiger partial charge in [-0.15, -0.1) is 0 Å². The fourth-order valence-electron chi connectivity index (χ4n) is 0.993. The van der Waals surface area contributed by atoms with E-state index in [1.807, 2.05) is 18.2 Å². The van der Waals surface area contributed by atoms with E-state index in [0.717, 1.165) is 10.2 Å². The molecule has 0 atom stereocenters. The highest BCUT2D eigenvalue weighted by atomic mass is 79.9. The summed E-state index contributed by atoms with van der Waals surface area (Å²) in [6, 6.07) is 5.46. The van der Waals surface area contributed by atoms with E-state index in [1.54, 1.807) is 7.11 Å². The predicted molar refractivity (Wildman–Crippen MR) is 60.7 cm³/mol. The number of halogens is 1. The molecule has 4 nitrogen and oxygen atoms in total. The van der Waals surface area contributed by atoms with Crippen molar-refractivity contribution in [3.63, 3.8) is 0 Å². The van der Waals surface area contributed by atoms with Crippen molar-refractivity contribution < 1.29 is 9.47 Å². The van der Waals surface area contributed by atoms with Crippen LogP contribution < -0.4 is 9.47 Å². The number of hydrogen-bond acceptors (Lipinski definition) is 5. The summed E-state index contributed by atoms with van der Waals surface area (Å²) in [6.45, 7) is 0. The van der Waals surface area contributed by atoms with Crippen LogP contribution in [0.5, 0.6) is 16.7 Å². The zero-order chi connectivity index (χ0) is 10.7. The third kappa shape index (κ3) is 2.45. The Balaban J connectivity index is 2.22. The minimum absolute atomic E-state index is 0.515. The van der Waals surface area contributed by atoms with E-state index in [0.29, 0.717) is 10.9 Å². The van der Waals surface area contributed by atoms with Gasteiger partial charge in [0.05, 0.1) is 11.6 Å². The number of ether oxygens (including phenoxy) is 2. The van der Waals surface area contributed by atoms with E-state index < -0.39 is 0 Å². The van der Waals surface area contributed by atoms with Crippen molar-refractivity contribution in [2.24, 2.45) is 0 Å². The van der Waals surface area contributed by atoms with Gasteiger partial charge in [0.2, 0.25) is 0 Å². The molecule has 0 N–H and O–H groups in total. The third-order valence-corrected chi connectivity index (χ3v) is 2.84. The Morgan fingerprint density at radius 3 is 2.87 bits per heavy atom. The molecule has 2 aromatic rings. The van der Waals surface area contributed by atoms with Crippen molar-refractivity contribution in [1.29, 1.82) is 0 Å². The lowest BCUT2D eigenvalue weighted by atomic mass is 10.3. The Morgan fingerprint density at radius 2 is 2.27 bits per heavy atom. The Hall–Kier alpha value is -1.14. The minimum atomic E-state index is 0.515. The van der Waals surface area contributed by atoms with Crippen LogP contribution in [0.15, 0.2) is 29.0 Å². The van der Waals surface area contributed by atoms with Crippen LogP contribution in [0, 0.1) is 0 Å². The van der Waals surface area contributed by atoms with Crippen molar-refractivity contribution in [3.8, 4) is 16.7 Å². The molecule has 1 aromatic carbocycles. The van der Waals surface area contributed by atoms with E-state index in [-0.39, 0.29) is 0 Å². The summed E-state index contributed by atoms with van der Waals surface area (Å²) in [5.74, 6) is 1.46. The first-order valence-electron chi connectivity index (χ1n) is 4.07. The molecule has 0 unspecified atom stereocenters. The topological polar surface area (TPSA) is 44.2 Å². The average molecular weight is 287 g/mol. The zero-order valence-corrected chi connectivity index (χ0v) is 10.2. The summed E-state index contributed by atoms with van der Waals surface area (Å²) >= 11 is 4.59. The van der Waals surface area contributed by atoms with Gasteiger partial charge in [-0.2, -0.15) is 9.36 Å². The summed E-state index contributed by atoms with van der Waals surface area (Å²) in [4.78, 5) is 3.93. The molecule has 0 aliphatic rings. The third-order valence-electron chi connectivity index (χ3n) is 1.68. The Kier molecular flexibility index (Phi) is 3.17. The van der Waals surface area contributed by atoms with Gasteiger partial charge in [0, 0.05) is 11.5 Å². The van der Waals surface area contributed by atoms with E-state index in [1.165, 1.54) is 17.9 Å². The summed E-state index contributed by atoms with van der Waals surface area (Å²) in [6.07, 6.45) is 1.46. The molecule has 2 rings (SSSR count). The maximum Gasteiger partial charge on any atom is 0.298 e. The smallest absolute Gasteiger partial charge is 0.298 e. The first-order chi connectivity index (χ1) is 7.29. The first-order valence-corrected chi connectivity index (χ1v) is 5.64. The summed E-state index contributed by atoms with van der Waals surface area (Å²) in [5, 5.41) is 0.515. The van der Waals surface area contributed by atoms with Gasteiger partial charge in [0.1, 0.15) is 17.8 Å². The van der Waals surface area contributed by atoms with Gasteiger partial charge in [-0.1, -0.05) is 0 Å². The Morgan fingerprint density at radius 1 is 1.40 bits per heavy atom. The minimum Gasteiger partial charge on any atom is -0.497 e. The van der Waals surface area contributed by atoms with Crippen LogP contribution in [0.1, 0.15) is 0 Å². The standard InChI is InChI=1S/C9H7BrN2O2S/c1-13-6-2-3-8(7(10)4-6)14-9-11-5-12-15-9/h2-5H,1H3. The molecule has 0 saturated heterocycles. The maximum absolute atomic E-state index is 5.49. The number of aromatic nitrogens is 2. The van der Waals surface area contributed by atoms with Crippen molar-refractivity contribution in [1.82, 2.24) is 9.36 Å². The normalized spacial score (nSPS) is 10.0. The van der Waals surface area contributed by atoms with Crippen molar-refractivity contribution in [3.05, 3.63) is 29.0 Å². The molecule has 0 radical (unpaired) electrons. The Bertz CT molecular complexity index is 447. The van der Waals surface area contributed by atoms with Crippen LogP contribution in [0.2, 0.25) is 0 Å². The highest BCUT2D eigenvalue weighted by molar-refractivity contribution is 9.10. The summed E-state index contributed by atoms with van der Waals surface area (Å²) in [7, 11) is 1.62. The lowest BCUT2D eigenvalue weighted by Crippen LogP contribution is -1.86. The van der Waals surface area contributed by atoms with Crippen LogP contribution in [0.4, 0.5) is 0 Å². The fraction of sp³-hybridized carbons (Fsp3) is 0.111. The van der Waals surface area contributed by atoms with Gasteiger partial charge in [0.25, 0.3) is 5.19 Å². The quantitative estimate of drug-likeness (QED) is 0.870. The van der Waals surface area contributed by atoms with Crippen molar-refractivity contribution in [2.75, 3.05) is 7.11 Å². The monoisotopic (exact) mass is 286 g/mol. The van der Waals surface area contributed by atoms with Gasteiger partial charge >= 0.3 is 0 Å². The van der Waals surface area contributed by atoms with E-state index in [9.17, 15) is 0 Å². The fourth-order valence-corrected chi connectivity index (χ4v) is 1.84. The van der Waals surface area contributed by atoms with Crippen LogP contribution in [-0.4, -0.2) is 16.5 Å². The predicted octanol–water partition coefficient (Wildman–Crippen LogP) is 3.10. The molecule has 1 heterocycles. The molecule has 0 bridgehead atoms. The molecule has 6 heteroatoms. The average Bonchev–Trinajstić information content (AvgIpc) is 2.74. The van der Waals surface area contributed by atoms with Crippen LogP contribution in [-0.2, 0) is 0 Å². The molecule has 15 heavy (non-hydrogen) atoms. The van der Waals surface area contributed by atoms with E-state index >= 15 is 0 Å². The molecule has 0 spiro atoms. The van der Waals surface area contributed by atoms with Gasteiger partial charge in [-0.05, 0) is 34.1 Å². The lowest BCUT2D eigenvalue weighted by molar-refractivity contribution is 0.412. The largest absolute Gasteiger partial charge is 0.497 e. The van der Waals surface area contributed by atoms with E-state index in [4.69, 9.17) is 9.47 Å². The van der Waals surface area contributed by atoms with Crippen molar-refractivity contribution >= 4 is 27.5 Å². The molecule has 0 amide bonds. The summed E-state index contributed by atoms with van der Waals surface area (Å²) in [5.41, 5.74) is 0. The molecule has 0 aliphatic carbocycles. The van der Waals surface area contributed by atoms with Crippen LogP contribution >= 0.6 is 27.5 Å². The summed E-state index contributed by atoms with van der Waals surface area (Å²) < 4.78 is 15.2. The first kappa shape index (κ1) is 10.4. The van der Waals surface area contributed by atoms with Crippen LogP contribution in [0.3, 0.4) is 0 Å². The van der Waals surface area contributed by atoms with Gasteiger partial charge in [-0.25, -0.2) is 0 Å². The second-order valence-electron chi connectivity index (χ2n) is 2.61. The molecular weight excluding hydrogens is 280 g/mol. The SMILES string of the molecule is COc1ccc(Oc2ncns2)c(Br)c1. The van der Waals surface area contributed by atoms with E-state index in [2.05, 4.69) is 25.3 Å². The molecular formula is C9H7BrN2O2S. The number of methoxy groups -OCH3 is 1. The molecule has 0 aliphatic heterocycles. The van der Waals surface area contributed by atoms with Gasteiger partial charge in [0.15, 0.2) is 0 Å². The highest BCUT2D eigenvalue weighted by Gasteiger charge is 2.06. The zero-order valence-electron chi connectivity index (χ0n) is 7.81. The number of benzene rings is 1. The molecule has 0 saturated carbocycles. The van der Waals surface area contributed by atoms with Gasteiger partial charge in [-0.3, -0.25) is 0 Å². The van der Waals surface area contributed by atoms with Crippen molar-refractivity contribution in [2.45, 2.75) is 0 Å². The maximum atomic E-state index is 5.49. The molecule has 1 aromatic heterocycles. The Labute approximate surface area is 99.2 Å². The lowest BCUT2D eigenvalue weighted by Gasteiger charge is -2.05. The second kappa shape index (κ2) is 4.59. The second-order valence-corrected chi connectivity index (χ2v) is 4.20. The number of rotatable bonds is 3. The number of hydrogen-bond donors (Lipinski definition) is 0. The van der Waals surface area contributed by atoms with Crippen LogP contribution in [0.25, 0.3) is 0 Å². The molecule has 78 valence electrons. The number of nitrogens with zero attached hydrogens (tertiary/aromatic N) is 2. The highest BCUT2D eigenvalue weighted by Crippen LogP contribution is 2.32. The van der Waals surface area contributed by atoms with Gasteiger partial charge < -0.3 is 9.47 Å². The molecule has 0 fully saturated rings.